The van der Waals surface area contributed by atoms with Crippen molar-refractivity contribution >= 4 is 67.5 Å². The molecule has 0 spiro atoms. The van der Waals surface area contributed by atoms with Crippen molar-refractivity contribution in [3.8, 4) is 5.69 Å². The van der Waals surface area contributed by atoms with Crippen LogP contribution in [0.4, 0.5) is 5.00 Å². The van der Waals surface area contributed by atoms with Gasteiger partial charge >= 0.3 is 11.9 Å². The van der Waals surface area contributed by atoms with Gasteiger partial charge in [0.05, 0.1) is 36.6 Å². The third kappa shape index (κ3) is 5.04. The number of para-hydroxylation sites is 1. The second-order valence-corrected chi connectivity index (χ2v) is 11.1. The minimum absolute atomic E-state index is 0.0940. The number of methoxy groups -OCH3 is 2. The summed E-state index contributed by atoms with van der Waals surface area (Å²) in [5.41, 5.74) is 1.78. The molecule has 1 N–H and O–H groups in total. The van der Waals surface area contributed by atoms with E-state index in [9.17, 15) is 19.2 Å². The summed E-state index contributed by atoms with van der Waals surface area (Å²) in [5.74, 6) is -1.84. The number of rotatable bonds is 7. The molecule has 9 nitrogen and oxygen atoms in total. The van der Waals surface area contributed by atoms with Crippen LogP contribution in [0.2, 0.25) is 0 Å². The first-order chi connectivity index (χ1) is 17.7. The molecule has 1 amide bonds. The lowest BCUT2D eigenvalue weighted by molar-refractivity contribution is -0.113. The largest absolute Gasteiger partial charge is 0.465 e. The molecule has 0 aliphatic carbocycles. The number of anilines is 1. The zero-order chi connectivity index (χ0) is 26.9. The molecule has 3 heterocycles. The molecule has 4 aromatic rings. The van der Waals surface area contributed by atoms with Crippen LogP contribution in [0.1, 0.15) is 36.0 Å². The van der Waals surface area contributed by atoms with Crippen LogP contribution in [0.25, 0.3) is 15.9 Å². The first-order valence-electron chi connectivity index (χ1n) is 11.0. The Bertz CT molecular complexity index is 1590. The minimum atomic E-state index is -0.680. The van der Waals surface area contributed by atoms with Gasteiger partial charge in [0.2, 0.25) is 5.91 Å². The number of hydrogen-bond acceptors (Lipinski definition) is 10. The van der Waals surface area contributed by atoms with Crippen LogP contribution in [-0.4, -0.2) is 47.4 Å². The van der Waals surface area contributed by atoms with Crippen molar-refractivity contribution in [2.75, 3.05) is 25.3 Å². The maximum Gasteiger partial charge on any atom is 0.348 e. The second-order valence-electron chi connectivity index (χ2n) is 7.91. The van der Waals surface area contributed by atoms with Gasteiger partial charge in [-0.2, -0.15) is 0 Å². The number of nitrogens with one attached hydrogen (secondary N) is 1. The van der Waals surface area contributed by atoms with Crippen molar-refractivity contribution in [3.05, 3.63) is 67.1 Å². The maximum absolute atomic E-state index is 13.5. The smallest absolute Gasteiger partial charge is 0.348 e. The van der Waals surface area contributed by atoms with Crippen molar-refractivity contribution in [2.24, 2.45) is 0 Å². The van der Waals surface area contributed by atoms with E-state index in [0.717, 1.165) is 33.5 Å². The standard InChI is InChI=1S/C25H23N3O6S3/c1-12-14(3)36-20-17(12)22(30)28(15-9-7-6-8-10-15)25(27-20)35-11-16(29)26-21-18(23(31)33-4)13(2)19(37-21)24(32)34-5/h6-10H,11H2,1-5H3,(H,26,29). The van der Waals surface area contributed by atoms with Gasteiger partial charge in [-0.15, -0.1) is 22.7 Å². The molecule has 3 aromatic heterocycles. The van der Waals surface area contributed by atoms with Crippen LogP contribution in [0.3, 0.4) is 0 Å². The van der Waals surface area contributed by atoms with E-state index >= 15 is 0 Å². The summed E-state index contributed by atoms with van der Waals surface area (Å²) in [7, 11) is 2.46. The highest BCUT2D eigenvalue weighted by Gasteiger charge is 2.27. The topological polar surface area (TPSA) is 117 Å². The highest BCUT2D eigenvalue weighted by Crippen LogP contribution is 2.35. The van der Waals surface area contributed by atoms with E-state index < -0.39 is 17.8 Å². The number of thioether (sulfide) groups is 1. The summed E-state index contributed by atoms with van der Waals surface area (Å²) in [6.45, 7) is 5.43. The predicted octanol–water partition coefficient (Wildman–Crippen LogP) is 4.74. The van der Waals surface area contributed by atoms with Gasteiger partial charge in [0.15, 0.2) is 5.16 Å². The molecule has 0 aliphatic heterocycles. The Hall–Kier alpha value is -3.48. The Morgan fingerprint density at radius 1 is 1.00 bits per heavy atom. The van der Waals surface area contributed by atoms with E-state index in [-0.39, 0.29) is 26.8 Å². The number of thiophene rings is 2. The number of aromatic nitrogens is 2. The van der Waals surface area contributed by atoms with E-state index in [1.807, 2.05) is 32.0 Å². The Kier molecular flexibility index (Phi) is 7.81. The van der Waals surface area contributed by atoms with Crippen LogP contribution in [0.15, 0.2) is 40.3 Å². The Morgan fingerprint density at radius 3 is 2.32 bits per heavy atom. The summed E-state index contributed by atoms with van der Waals surface area (Å²) >= 11 is 3.47. The number of benzene rings is 1. The zero-order valence-corrected chi connectivity index (χ0v) is 23.1. The molecule has 12 heteroatoms. The predicted molar refractivity (Wildman–Crippen MR) is 146 cm³/mol. The van der Waals surface area contributed by atoms with Crippen molar-refractivity contribution in [3.63, 3.8) is 0 Å². The number of fused-ring (bicyclic) bond motifs is 1. The van der Waals surface area contributed by atoms with E-state index in [2.05, 4.69) is 5.32 Å². The number of esters is 2. The molecule has 0 radical (unpaired) electrons. The second kappa shape index (κ2) is 10.9. The van der Waals surface area contributed by atoms with Crippen LogP contribution >= 0.6 is 34.4 Å². The summed E-state index contributed by atoms with van der Waals surface area (Å²) in [6.07, 6.45) is 0. The molecule has 0 atom stereocenters. The number of aryl methyl sites for hydroxylation is 2. The molecule has 0 unspecified atom stereocenters. The Morgan fingerprint density at radius 2 is 1.68 bits per heavy atom. The van der Waals surface area contributed by atoms with Gasteiger partial charge in [-0.05, 0) is 44.0 Å². The molecule has 37 heavy (non-hydrogen) atoms. The average Bonchev–Trinajstić information content (AvgIpc) is 3.37. The highest BCUT2D eigenvalue weighted by molar-refractivity contribution is 7.99. The van der Waals surface area contributed by atoms with E-state index in [4.69, 9.17) is 14.5 Å². The molecule has 1 aromatic carbocycles. The average molecular weight is 558 g/mol. The van der Waals surface area contributed by atoms with Crippen molar-refractivity contribution in [2.45, 2.75) is 25.9 Å². The lowest BCUT2D eigenvalue weighted by Crippen LogP contribution is -2.23. The molecule has 0 bridgehead atoms. The van der Waals surface area contributed by atoms with Gasteiger partial charge in [0.1, 0.15) is 14.7 Å². The summed E-state index contributed by atoms with van der Waals surface area (Å²) < 4.78 is 11.1. The summed E-state index contributed by atoms with van der Waals surface area (Å²) in [4.78, 5) is 57.5. The third-order valence-corrected chi connectivity index (χ3v) is 8.91. The number of ether oxygens (including phenoxy) is 2. The van der Waals surface area contributed by atoms with E-state index in [1.54, 1.807) is 19.1 Å². The van der Waals surface area contributed by atoms with E-state index in [1.165, 1.54) is 30.1 Å². The van der Waals surface area contributed by atoms with Gasteiger partial charge in [-0.25, -0.2) is 14.6 Å². The summed E-state index contributed by atoms with van der Waals surface area (Å²) in [5, 5.41) is 3.81. The fraction of sp³-hybridized carbons (Fsp3) is 0.240. The fourth-order valence-corrected chi connectivity index (χ4v) is 6.72. The van der Waals surface area contributed by atoms with Gasteiger partial charge in [0, 0.05) is 4.88 Å². The van der Waals surface area contributed by atoms with Crippen molar-refractivity contribution in [1.82, 2.24) is 9.55 Å². The van der Waals surface area contributed by atoms with Gasteiger partial charge in [-0.1, -0.05) is 30.0 Å². The SMILES string of the molecule is COC(=O)c1sc(NC(=O)CSc2nc3sc(C)c(C)c3c(=O)n2-c2ccccc2)c(C(=O)OC)c1C. The number of amides is 1. The highest BCUT2D eigenvalue weighted by atomic mass is 32.2. The van der Waals surface area contributed by atoms with Crippen molar-refractivity contribution < 1.29 is 23.9 Å². The lowest BCUT2D eigenvalue weighted by atomic mass is 10.1. The van der Waals surface area contributed by atoms with Crippen LogP contribution in [0, 0.1) is 20.8 Å². The van der Waals surface area contributed by atoms with Gasteiger partial charge in [0.25, 0.3) is 5.56 Å². The molecule has 0 saturated heterocycles. The van der Waals surface area contributed by atoms with Gasteiger partial charge in [-0.3, -0.25) is 14.2 Å². The lowest BCUT2D eigenvalue weighted by Gasteiger charge is -2.12. The summed E-state index contributed by atoms with van der Waals surface area (Å²) in [6, 6.07) is 9.11. The zero-order valence-electron chi connectivity index (χ0n) is 20.7. The normalized spacial score (nSPS) is 10.9. The molecule has 0 aliphatic rings. The van der Waals surface area contributed by atoms with Crippen LogP contribution in [0.5, 0.6) is 0 Å². The monoisotopic (exact) mass is 557 g/mol. The molecule has 192 valence electrons. The number of carbonyl (C=O) groups is 3. The first kappa shape index (κ1) is 26.6. The van der Waals surface area contributed by atoms with Crippen LogP contribution in [-0.2, 0) is 14.3 Å². The molecular formula is C25H23N3O6S3. The quantitative estimate of drug-likeness (QED) is 0.197. The molecule has 0 saturated carbocycles. The number of nitrogens with zero attached hydrogens (tertiary/aromatic N) is 2. The Labute approximate surface area is 224 Å². The first-order valence-corrected chi connectivity index (χ1v) is 13.6. The third-order valence-electron chi connectivity index (χ3n) is 5.68. The molecule has 4 rings (SSSR count). The number of carbonyl (C=O) groups excluding carboxylic acids is 3. The van der Waals surface area contributed by atoms with E-state index in [0.29, 0.717) is 26.6 Å². The number of hydrogen-bond donors (Lipinski definition) is 1. The van der Waals surface area contributed by atoms with Gasteiger partial charge < -0.3 is 14.8 Å². The maximum atomic E-state index is 13.5. The van der Waals surface area contributed by atoms with Crippen LogP contribution < -0.4 is 10.9 Å². The van der Waals surface area contributed by atoms with Crippen molar-refractivity contribution in [1.29, 1.82) is 0 Å². The Balaban J connectivity index is 1.67. The fourth-order valence-electron chi connectivity index (χ4n) is 3.71. The molecular weight excluding hydrogens is 534 g/mol. The molecule has 0 fully saturated rings. The minimum Gasteiger partial charge on any atom is -0.465 e.